The quantitative estimate of drug-likeness (QED) is 0.484. The van der Waals surface area contributed by atoms with Gasteiger partial charge in [0.1, 0.15) is 18.0 Å². The van der Waals surface area contributed by atoms with Crippen LogP contribution in [0.1, 0.15) is 11.4 Å². The third-order valence-corrected chi connectivity index (χ3v) is 6.37. The molecule has 4 aliphatic rings. The Labute approximate surface area is 153 Å². The number of thioether (sulfide) groups is 1. The van der Waals surface area contributed by atoms with E-state index < -0.39 is 12.0 Å². The number of carbonyl (C=O) groups excluding carboxylic acids is 2. The zero-order valence-electron chi connectivity index (χ0n) is 14.1. The monoisotopic (exact) mass is 374 g/mol. The number of carboxylic acid groups (broad SMARTS) is 1. The summed E-state index contributed by atoms with van der Waals surface area (Å²) in [5.74, 6) is -1.25. The fraction of sp³-hybridized carbons (Fsp3) is 0.353. The van der Waals surface area contributed by atoms with Gasteiger partial charge in [-0.05, 0) is 12.5 Å². The number of nitrogens with zero attached hydrogens (tertiary/aromatic N) is 3. The Balaban J connectivity index is 1.73. The number of β-lactam (4-membered cyclic amide) rings is 1. The van der Waals surface area contributed by atoms with Crippen LogP contribution < -0.4 is 15.4 Å². The third-order valence-electron chi connectivity index (χ3n) is 5.00. The number of aliphatic carboxylic acids is 1. The van der Waals surface area contributed by atoms with Crippen LogP contribution in [0.5, 0.6) is 0 Å². The number of carboxylic acids is 1. The molecule has 0 bridgehead atoms. The lowest BCUT2D eigenvalue weighted by Crippen LogP contribution is -2.69. The molecule has 0 radical (unpaired) electrons. The first-order valence-corrected chi connectivity index (χ1v) is 9.22. The first-order chi connectivity index (χ1) is 12.4. The fourth-order valence-corrected chi connectivity index (χ4v) is 4.85. The summed E-state index contributed by atoms with van der Waals surface area (Å²) in [5.41, 5.74) is 8.96. The van der Waals surface area contributed by atoms with E-state index in [0.717, 1.165) is 17.1 Å². The van der Waals surface area contributed by atoms with Crippen LogP contribution in [0.15, 0.2) is 35.8 Å². The Bertz CT molecular complexity index is 922. The maximum absolute atomic E-state index is 12.0. The van der Waals surface area contributed by atoms with Gasteiger partial charge in [-0.3, -0.25) is 9.69 Å². The lowest BCUT2D eigenvalue weighted by molar-refractivity contribution is -0.604. The molecule has 8 nitrogen and oxygen atoms in total. The van der Waals surface area contributed by atoms with Crippen LogP contribution in [0.4, 0.5) is 0 Å². The maximum Gasteiger partial charge on any atom is 0.248 e. The molecule has 1 amide bonds. The lowest BCUT2D eigenvalue weighted by atomic mass is 10.0. The zero-order chi connectivity index (χ0) is 18.6. The standard InChI is InChI=1S/C17H18N4O4S/c1-9-12-3-2-11(7-22)20(12)5-4-19(9)6-10-8-26-16-13(18)15(23)21(16)14(10)17(24)25/h2-5,13,16,22H,6-8,18H2,1H3/t13?,16-/m0/s1. The molecule has 3 N–H and O–H groups in total. The highest BCUT2D eigenvalue weighted by Gasteiger charge is 2.50. The number of fused-ring (bicyclic) bond motifs is 2. The van der Waals surface area contributed by atoms with Crippen molar-refractivity contribution in [1.29, 1.82) is 0 Å². The van der Waals surface area contributed by atoms with Crippen molar-refractivity contribution in [2.24, 2.45) is 5.73 Å². The minimum absolute atomic E-state index is 0.0568. The Kier molecular flexibility index (Phi) is 4.02. The van der Waals surface area contributed by atoms with Crippen molar-refractivity contribution in [2.45, 2.75) is 31.5 Å². The van der Waals surface area contributed by atoms with Crippen molar-refractivity contribution >= 4 is 23.6 Å². The zero-order valence-corrected chi connectivity index (χ0v) is 14.9. The second-order valence-corrected chi connectivity index (χ2v) is 7.53. The second kappa shape index (κ2) is 6.11. The lowest BCUT2D eigenvalue weighted by Gasteiger charge is -2.49. The molecule has 4 heterocycles. The number of nitrogens with two attached hydrogens (primary N) is 1. The van der Waals surface area contributed by atoms with Crippen LogP contribution in [-0.4, -0.2) is 43.6 Å². The van der Waals surface area contributed by atoms with Gasteiger partial charge in [-0.25, -0.2) is 0 Å². The smallest absolute Gasteiger partial charge is 0.248 e. The van der Waals surface area contributed by atoms with E-state index in [1.54, 1.807) is 0 Å². The molecule has 4 aliphatic heterocycles. The van der Waals surface area contributed by atoms with Gasteiger partial charge in [-0.15, -0.1) is 11.8 Å². The Hall–Kier alpha value is -2.36. The number of aliphatic hydroxyl groups is 1. The number of hydrogen-bond donors (Lipinski definition) is 2. The Morgan fingerprint density at radius 3 is 2.96 bits per heavy atom. The summed E-state index contributed by atoms with van der Waals surface area (Å²) in [6.07, 6.45) is 3.67. The van der Waals surface area contributed by atoms with E-state index in [4.69, 9.17) is 5.73 Å². The average molecular weight is 374 g/mol. The van der Waals surface area contributed by atoms with E-state index in [0.29, 0.717) is 17.9 Å². The van der Waals surface area contributed by atoms with Crippen LogP contribution in [0.25, 0.3) is 5.69 Å². The molecule has 0 aromatic rings. The van der Waals surface area contributed by atoms with Gasteiger partial charge in [-0.1, -0.05) is 0 Å². The normalized spacial score (nSPS) is 22.6. The highest BCUT2D eigenvalue weighted by molar-refractivity contribution is 8.00. The van der Waals surface area contributed by atoms with Crippen LogP contribution in [0.2, 0.25) is 0 Å². The van der Waals surface area contributed by atoms with Crippen LogP contribution in [-0.2, 0) is 22.7 Å². The van der Waals surface area contributed by atoms with E-state index in [2.05, 4.69) is 0 Å². The van der Waals surface area contributed by atoms with Gasteiger partial charge < -0.3 is 25.3 Å². The number of hydrogen-bond acceptors (Lipinski definition) is 6. The predicted molar refractivity (Wildman–Crippen MR) is 90.9 cm³/mol. The summed E-state index contributed by atoms with van der Waals surface area (Å²) in [7, 11) is 0. The molecule has 9 heteroatoms. The van der Waals surface area contributed by atoms with Crippen molar-refractivity contribution in [2.75, 3.05) is 5.75 Å². The summed E-state index contributed by atoms with van der Waals surface area (Å²) >= 11 is 1.47. The Morgan fingerprint density at radius 1 is 1.50 bits per heavy atom. The predicted octanol–water partition coefficient (Wildman–Crippen LogP) is -1.75. The topological polar surface area (TPSA) is 115 Å². The molecule has 0 saturated carbocycles. The van der Waals surface area contributed by atoms with Gasteiger partial charge in [0.05, 0.1) is 23.6 Å². The van der Waals surface area contributed by atoms with Crippen LogP contribution in [0, 0.1) is 6.92 Å². The molecule has 26 heavy (non-hydrogen) atoms. The summed E-state index contributed by atoms with van der Waals surface area (Å²) in [5, 5.41) is 20.7. The summed E-state index contributed by atoms with van der Waals surface area (Å²) < 4.78 is 3.82. The number of amides is 1. The number of aromatic nitrogens is 2. The summed E-state index contributed by atoms with van der Waals surface area (Å²) in [6, 6.07) is 3.11. The molecular weight excluding hydrogens is 356 g/mol. The van der Waals surface area contributed by atoms with Crippen molar-refractivity contribution < 1.29 is 24.4 Å². The van der Waals surface area contributed by atoms with Crippen molar-refractivity contribution in [1.82, 2.24) is 9.47 Å². The number of carbonyl (C=O) groups is 2. The van der Waals surface area contributed by atoms with E-state index in [-0.39, 0.29) is 23.6 Å². The van der Waals surface area contributed by atoms with E-state index in [1.807, 2.05) is 40.6 Å². The van der Waals surface area contributed by atoms with E-state index in [9.17, 15) is 19.8 Å². The maximum atomic E-state index is 12.0. The van der Waals surface area contributed by atoms with Crippen molar-refractivity contribution in [3.05, 3.63) is 47.2 Å². The first-order valence-electron chi connectivity index (χ1n) is 8.17. The van der Waals surface area contributed by atoms with Gasteiger partial charge >= 0.3 is 0 Å². The summed E-state index contributed by atoms with van der Waals surface area (Å²) in [6.45, 7) is 2.20. The third kappa shape index (κ3) is 2.35. The van der Waals surface area contributed by atoms with Gasteiger partial charge in [0.15, 0.2) is 6.20 Å². The number of aliphatic hydroxyl groups excluding tert-OH is 1. The molecule has 1 fully saturated rings. The molecule has 0 spiro atoms. The Morgan fingerprint density at radius 2 is 2.27 bits per heavy atom. The molecule has 1 saturated heterocycles. The van der Waals surface area contributed by atoms with Gasteiger partial charge in [-0.2, -0.15) is 4.57 Å². The van der Waals surface area contributed by atoms with Crippen molar-refractivity contribution in [3.8, 4) is 5.69 Å². The first kappa shape index (κ1) is 17.1. The second-order valence-electron chi connectivity index (χ2n) is 6.42. The van der Waals surface area contributed by atoms with Gasteiger partial charge in [0, 0.05) is 24.4 Å². The van der Waals surface area contributed by atoms with Crippen molar-refractivity contribution in [3.63, 3.8) is 0 Å². The SMILES string of the molecule is Cc1c2ccc(CO)[n+]-2ccn1CC1=C(C(=O)[O-])N2C(=O)C(N)[C@@H]2SC1. The molecule has 0 aliphatic carbocycles. The molecule has 0 aromatic carbocycles. The van der Waals surface area contributed by atoms with Gasteiger partial charge in [0.25, 0.3) is 0 Å². The molecular formula is C17H18N4O4S. The van der Waals surface area contributed by atoms with E-state index >= 15 is 0 Å². The largest absolute Gasteiger partial charge is 0.543 e. The molecule has 136 valence electrons. The summed E-state index contributed by atoms with van der Waals surface area (Å²) in [4.78, 5) is 24.9. The minimum Gasteiger partial charge on any atom is -0.543 e. The highest BCUT2D eigenvalue weighted by atomic mass is 32.2. The minimum atomic E-state index is -1.35. The number of rotatable bonds is 4. The van der Waals surface area contributed by atoms with E-state index in [1.165, 1.54) is 16.7 Å². The average Bonchev–Trinajstić information content (AvgIpc) is 3.06. The van der Waals surface area contributed by atoms with Gasteiger partial charge in [0.2, 0.25) is 17.3 Å². The fourth-order valence-electron chi connectivity index (χ4n) is 3.56. The van der Waals surface area contributed by atoms with Crippen LogP contribution >= 0.6 is 11.8 Å². The highest BCUT2D eigenvalue weighted by Crippen LogP contribution is 2.39. The van der Waals surface area contributed by atoms with Crippen LogP contribution in [0.3, 0.4) is 0 Å². The molecule has 1 unspecified atom stereocenters. The molecule has 4 rings (SSSR count). The molecule has 2 atom stereocenters. The molecule has 0 aromatic heterocycles.